The van der Waals surface area contributed by atoms with Crippen molar-refractivity contribution in [2.24, 2.45) is 0 Å². The number of carbonyl (C=O) groups is 1. The Labute approximate surface area is 132 Å². The molecule has 0 fully saturated rings. The van der Waals surface area contributed by atoms with E-state index in [1.807, 2.05) is 18.2 Å². The highest BCUT2D eigenvalue weighted by Crippen LogP contribution is 2.22. The van der Waals surface area contributed by atoms with Gasteiger partial charge in [0.2, 0.25) is 0 Å². The maximum atomic E-state index is 12.1. The Morgan fingerprint density at radius 2 is 2.05 bits per heavy atom. The molecule has 0 unspecified atom stereocenters. The van der Waals surface area contributed by atoms with Gasteiger partial charge in [0.1, 0.15) is 5.76 Å². The molecule has 1 aromatic heterocycles. The van der Waals surface area contributed by atoms with E-state index in [0.717, 1.165) is 3.57 Å². The minimum Gasteiger partial charge on any atom is -0.455 e. The molecule has 1 aromatic carbocycles. The number of rotatable bonds is 5. The molecule has 0 bridgehead atoms. The number of alkyl halides is 2. The third-order valence-electron chi connectivity index (χ3n) is 2.36. The molecule has 0 aliphatic rings. The van der Waals surface area contributed by atoms with Crippen LogP contribution >= 0.6 is 34.4 Å². The number of nitrogens with one attached hydrogen (secondary N) is 1. The number of thioether (sulfide) groups is 1. The van der Waals surface area contributed by atoms with Crippen molar-refractivity contribution >= 4 is 45.9 Å². The molecule has 1 amide bonds. The van der Waals surface area contributed by atoms with Crippen LogP contribution in [0.2, 0.25) is 0 Å². The van der Waals surface area contributed by atoms with Crippen molar-refractivity contribution in [2.45, 2.75) is 11.5 Å². The highest BCUT2D eigenvalue weighted by molar-refractivity contribution is 14.1. The fourth-order valence-electron chi connectivity index (χ4n) is 1.47. The van der Waals surface area contributed by atoms with Crippen LogP contribution in [-0.4, -0.2) is 11.7 Å². The van der Waals surface area contributed by atoms with E-state index in [1.54, 1.807) is 6.07 Å². The van der Waals surface area contributed by atoms with Gasteiger partial charge in [0, 0.05) is 3.57 Å². The van der Waals surface area contributed by atoms with Crippen molar-refractivity contribution in [3.05, 3.63) is 51.5 Å². The molecular formula is C13H10F2INO2S. The highest BCUT2D eigenvalue weighted by Gasteiger charge is 2.13. The number of benzene rings is 1. The van der Waals surface area contributed by atoms with Gasteiger partial charge < -0.3 is 9.73 Å². The van der Waals surface area contributed by atoms with Crippen LogP contribution < -0.4 is 5.32 Å². The van der Waals surface area contributed by atoms with E-state index in [9.17, 15) is 13.6 Å². The van der Waals surface area contributed by atoms with Gasteiger partial charge in [0.05, 0.1) is 11.4 Å². The number of halogens is 3. The minimum atomic E-state index is -2.46. The summed E-state index contributed by atoms with van der Waals surface area (Å²) in [4.78, 5) is 12.0. The van der Waals surface area contributed by atoms with Crippen LogP contribution in [-0.2, 0) is 5.75 Å². The summed E-state index contributed by atoms with van der Waals surface area (Å²) < 4.78 is 30.3. The summed E-state index contributed by atoms with van der Waals surface area (Å²) in [7, 11) is 0. The van der Waals surface area contributed by atoms with Crippen LogP contribution in [0.3, 0.4) is 0 Å². The Hall–Kier alpha value is -1.09. The Kier molecular flexibility index (Phi) is 5.41. The van der Waals surface area contributed by atoms with Gasteiger partial charge in [-0.05, 0) is 46.9 Å². The molecule has 0 aliphatic heterocycles. The van der Waals surface area contributed by atoms with Crippen LogP contribution in [0.15, 0.2) is 40.8 Å². The lowest BCUT2D eigenvalue weighted by Gasteiger charge is -2.05. The van der Waals surface area contributed by atoms with E-state index in [4.69, 9.17) is 4.42 Å². The van der Waals surface area contributed by atoms with E-state index >= 15 is 0 Å². The van der Waals surface area contributed by atoms with Crippen molar-refractivity contribution in [1.29, 1.82) is 0 Å². The Balaban J connectivity index is 2.01. The first-order valence-corrected chi connectivity index (χ1v) is 7.73. The zero-order valence-electron chi connectivity index (χ0n) is 10.1. The molecule has 0 spiro atoms. The molecule has 1 N–H and O–H groups in total. The summed E-state index contributed by atoms with van der Waals surface area (Å²) in [5.41, 5.74) is 0.679. The molecule has 106 valence electrons. The number of hydrogen-bond acceptors (Lipinski definition) is 3. The van der Waals surface area contributed by atoms with Gasteiger partial charge in [-0.3, -0.25) is 4.79 Å². The zero-order chi connectivity index (χ0) is 14.5. The summed E-state index contributed by atoms with van der Waals surface area (Å²) in [5.74, 6) is -2.36. The summed E-state index contributed by atoms with van der Waals surface area (Å²) in [6.45, 7) is 0. The van der Waals surface area contributed by atoms with Gasteiger partial charge in [-0.15, -0.1) is 0 Å². The van der Waals surface area contributed by atoms with Crippen molar-refractivity contribution < 1.29 is 18.0 Å². The van der Waals surface area contributed by atoms with Crippen molar-refractivity contribution in [3.8, 4) is 0 Å². The van der Waals surface area contributed by atoms with Crippen LogP contribution in [0.1, 0.15) is 16.3 Å². The van der Waals surface area contributed by atoms with Crippen molar-refractivity contribution in [1.82, 2.24) is 0 Å². The first kappa shape index (κ1) is 15.3. The molecule has 7 heteroatoms. The molecule has 20 heavy (non-hydrogen) atoms. The van der Waals surface area contributed by atoms with Gasteiger partial charge >= 0.3 is 0 Å². The summed E-state index contributed by atoms with van der Waals surface area (Å²) in [6.07, 6.45) is 0. The predicted octanol–water partition coefficient (Wildman–Crippen LogP) is 4.59. The molecule has 0 atom stereocenters. The number of anilines is 1. The van der Waals surface area contributed by atoms with E-state index in [0.29, 0.717) is 23.2 Å². The standard InChI is InChI=1S/C13H10F2INO2S/c14-13(15)20-7-8-5-6-11(19-8)12(18)17-10-4-2-1-3-9(10)16/h1-6,13H,7H2,(H,17,18). The van der Waals surface area contributed by atoms with Crippen molar-refractivity contribution in [2.75, 3.05) is 5.32 Å². The largest absolute Gasteiger partial charge is 0.455 e. The molecular weight excluding hydrogens is 399 g/mol. The van der Waals surface area contributed by atoms with Crippen LogP contribution in [0.5, 0.6) is 0 Å². The second-order valence-electron chi connectivity index (χ2n) is 3.77. The van der Waals surface area contributed by atoms with Gasteiger partial charge in [0.15, 0.2) is 5.76 Å². The Morgan fingerprint density at radius 1 is 1.30 bits per heavy atom. The first-order valence-electron chi connectivity index (χ1n) is 5.60. The molecule has 0 aliphatic carbocycles. The SMILES string of the molecule is O=C(Nc1ccccc1I)c1ccc(CSC(F)F)o1. The average molecular weight is 409 g/mol. The van der Waals surface area contributed by atoms with Crippen LogP contribution in [0.4, 0.5) is 14.5 Å². The normalized spacial score (nSPS) is 10.8. The highest BCUT2D eigenvalue weighted by atomic mass is 127. The Morgan fingerprint density at radius 3 is 2.75 bits per heavy atom. The summed E-state index contributed by atoms with van der Waals surface area (Å²) in [5, 5.41) is 2.71. The van der Waals surface area contributed by atoms with Gasteiger partial charge in [-0.25, -0.2) is 0 Å². The molecule has 3 nitrogen and oxygen atoms in total. The van der Waals surface area contributed by atoms with E-state index in [2.05, 4.69) is 27.9 Å². The first-order chi connectivity index (χ1) is 9.56. The number of para-hydroxylation sites is 1. The number of amides is 1. The Bertz CT molecular complexity index is 604. The second-order valence-corrected chi connectivity index (χ2v) is 5.91. The molecule has 1 heterocycles. The smallest absolute Gasteiger partial charge is 0.291 e. The summed E-state index contributed by atoms with van der Waals surface area (Å²) >= 11 is 2.56. The zero-order valence-corrected chi connectivity index (χ0v) is 13.1. The molecule has 2 aromatic rings. The van der Waals surface area contributed by atoms with Crippen LogP contribution in [0.25, 0.3) is 0 Å². The lowest BCUT2D eigenvalue weighted by Crippen LogP contribution is -2.11. The third kappa shape index (κ3) is 4.20. The fourth-order valence-corrected chi connectivity index (χ4v) is 2.44. The lowest BCUT2D eigenvalue weighted by atomic mass is 10.3. The number of hydrogen-bond donors (Lipinski definition) is 1. The third-order valence-corrected chi connectivity index (χ3v) is 4.00. The maximum Gasteiger partial charge on any atom is 0.291 e. The van der Waals surface area contributed by atoms with Crippen molar-refractivity contribution in [3.63, 3.8) is 0 Å². The molecule has 0 radical (unpaired) electrons. The van der Waals surface area contributed by atoms with E-state index in [1.165, 1.54) is 12.1 Å². The number of furan rings is 1. The maximum absolute atomic E-state index is 12.1. The van der Waals surface area contributed by atoms with Gasteiger partial charge in [-0.1, -0.05) is 23.9 Å². The van der Waals surface area contributed by atoms with Crippen LogP contribution in [0, 0.1) is 3.57 Å². The molecule has 0 saturated carbocycles. The lowest BCUT2D eigenvalue weighted by molar-refractivity contribution is 0.0995. The summed E-state index contributed by atoms with van der Waals surface area (Å²) in [6, 6.07) is 10.3. The quantitative estimate of drug-likeness (QED) is 0.735. The minimum absolute atomic E-state index is 0.0355. The predicted molar refractivity (Wildman–Crippen MR) is 83.1 cm³/mol. The molecule has 0 saturated heterocycles. The topological polar surface area (TPSA) is 42.2 Å². The second kappa shape index (κ2) is 7.07. The molecule has 2 rings (SSSR count). The fraction of sp³-hybridized carbons (Fsp3) is 0.154. The van der Waals surface area contributed by atoms with E-state index in [-0.39, 0.29) is 11.5 Å². The van der Waals surface area contributed by atoms with Gasteiger partial charge in [0.25, 0.3) is 11.7 Å². The van der Waals surface area contributed by atoms with Gasteiger partial charge in [-0.2, -0.15) is 8.78 Å². The monoisotopic (exact) mass is 409 g/mol. The van der Waals surface area contributed by atoms with E-state index < -0.39 is 11.7 Å². The number of carbonyl (C=O) groups excluding carboxylic acids is 1. The average Bonchev–Trinajstić information content (AvgIpc) is 2.88.